The fourth-order valence-electron chi connectivity index (χ4n) is 1.04. The molecule has 0 bridgehead atoms. The van der Waals surface area contributed by atoms with Gasteiger partial charge in [0.1, 0.15) is 11.3 Å². The van der Waals surface area contributed by atoms with Crippen LogP contribution in [0.5, 0.6) is 0 Å². The summed E-state index contributed by atoms with van der Waals surface area (Å²) in [5.41, 5.74) is 6.07. The van der Waals surface area contributed by atoms with Crippen molar-refractivity contribution >= 4 is 29.4 Å². The summed E-state index contributed by atoms with van der Waals surface area (Å²) in [6.07, 6.45) is 1.56. The molecule has 86 valence electrons. The van der Waals surface area contributed by atoms with Crippen LogP contribution in [-0.2, 0) is 7.05 Å². The number of aromatic amines is 1. The number of hydrogen-bond acceptors (Lipinski definition) is 4. The largest absolute Gasteiger partial charge is 0.412 e. The van der Waals surface area contributed by atoms with Gasteiger partial charge in [-0.15, -0.1) is 12.4 Å². The summed E-state index contributed by atoms with van der Waals surface area (Å²) in [4.78, 5) is 20.9. The van der Waals surface area contributed by atoms with Gasteiger partial charge in [-0.25, -0.2) is 9.78 Å². The summed E-state index contributed by atoms with van der Waals surface area (Å²) >= 11 is 0. The molecule has 2 aromatic rings. The highest BCUT2D eigenvalue weighted by atomic mass is 35.5. The number of halogens is 1. The van der Waals surface area contributed by atoms with Gasteiger partial charge in [0.2, 0.25) is 0 Å². The highest BCUT2D eigenvalue weighted by Crippen LogP contribution is 2.10. The molecule has 15 heavy (non-hydrogen) atoms. The Kier molecular flexibility index (Phi) is 5.58. The average Bonchev–Trinajstić information content (AvgIpc) is 2.33. The molecule has 0 atom stereocenters. The molecule has 0 aliphatic carbocycles. The standard InChI is InChI=1S/C6H7N5O.ClH.2H2O/c1-11-2-8-3-4(7)9-6(12)10-5(3)11;;;/h2H,1H3,(H3,7,9,10,12);1H;2*1H2. The van der Waals surface area contributed by atoms with E-state index in [0.717, 1.165) is 0 Å². The number of anilines is 1. The Morgan fingerprint density at radius 2 is 2.07 bits per heavy atom. The van der Waals surface area contributed by atoms with Crippen LogP contribution in [0.1, 0.15) is 0 Å². The number of nitrogens with one attached hydrogen (secondary N) is 1. The van der Waals surface area contributed by atoms with Gasteiger partial charge in [-0.05, 0) is 0 Å². The second-order valence-electron chi connectivity index (χ2n) is 2.48. The number of nitrogen functional groups attached to an aromatic ring is 1. The highest BCUT2D eigenvalue weighted by Gasteiger charge is 2.05. The van der Waals surface area contributed by atoms with E-state index in [4.69, 9.17) is 5.73 Å². The Balaban J connectivity index is 0. The molecule has 0 aliphatic rings. The van der Waals surface area contributed by atoms with Crippen molar-refractivity contribution in [3.8, 4) is 0 Å². The number of H-pyrrole nitrogens is 1. The van der Waals surface area contributed by atoms with Crippen LogP contribution in [0.2, 0.25) is 0 Å². The van der Waals surface area contributed by atoms with E-state index in [1.54, 1.807) is 17.9 Å². The van der Waals surface area contributed by atoms with E-state index >= 15 is 0 Å². The minimum atomic E-state index is -0.455. The van der Waals surface area contributed by atoms with Gasteiger partial charge in [0, 0.05) is 7.05 Å². The lowest BCUT2D eigenvalue weighted by molar-refractivity contribution is 0.823. The predicted molar refractivity (Wildman–Crippen MR) is 58.0 cm³/mol. The molecule has 0 amide bonds. The van der Waals surface area contributed by atoms with Crippen molar-refractivity contribution in [2.45, 2.75) is 0 Å². The zero-order valence-corrected chi connectivity index (χ0v) is 8.63. The third kappa shape index (κ3) is 2.43. The molecule has 0 unspecified atom stereocenters. The molecule has 2 rings (SSSR count). The summed E-state index contributed by atoms with van der Waals surface area (Å²) in [5.74, 6) is 0.255. The van der Waals surface area contributed by atoms with Gasteiger partial charge in [0.15, 0.2) is 5.65 Å². The first-order chi connectivity index (χ1) is 5.68. The molecular weight excluding hydrogens is 226 g/mol. The summed E-state index contributed by atoms with van der Waals surface area (Å²) in [6.45, 7) is 0. The first-order valence-electron chi connectivity index (χ1n) is 3.35. The van der Waals surface area contributed by atoms with Gasteiger partial charge in [0.25, 0.3) is 0 Å². The fraction of sp³-hybridized carbons (Fsp3) is 0.167. The van der Waals surface area contributed by atoms with Crippen molar-refractivity contribution in [2.75, 3.05) is 5.73 Å². The summed E-state index contributed by atoms with van der Waals surface area (Å²) in [5, 5.41) is 0. The zero-order chi connectivity index (χ0) is 8.72. The normalized spacial score (nSPS) is 8.60. The quantitative estimate of drug-likeness (QED) is 0.544. The number of hydrogen-bond donors (Lipinski definition) is 2. The lowest BCUT2D eigenvalue weighted by atomic mass is 10.5. The summed E-state index contributed by atoms with van der Waals surface area (Å²) in [6, 6.07) is 0. The molecule has 2 aromatic heterocycles. The molecule has 0 fully saturated rings. The van der Waals surface area contributed by atoms with Crippen LogP contribution in [0.25, 0.3) is 11.2 Å². The molecule has 2 heterocycles. The van der Waals surface area contributed by atoms with Crippen LogP contribution in [0.4, 0.5) is 5.82 Å². The van der Waals surface area contributed by atoms with Gasteiger partial charge in [0.05, 0.1) is 6.33 Å². The third-order valence-corrected chi connectivity index (χ3v) is 1.61. The van der Waals surface area contributed by atoms with Crippen LogP contribution in [0.15, 0.2) is 11.1 Å². The average molecular weight is 238 g/mol. The van der Waals surface area contributed by atoms with Crippen LogP contribution in [0.3, 0.4) is 0 Å². The number of aromatic nitrogens is 4. The number of imidazole rings is 1. The Bertz CT molecular complexity index is 493. The zero-order valence-electron chi connectivity index (χ0n) is 7.81. The maximum absolute atomic E-state index is 10.9. The topological polar surface area (TPSA) is 153 Å². The second kappa shape index (κ2) is 5.29. The van der Waals surface area contributed by atoms with E-state index < -0.39 is 5.69 Å². The predicted octanol–water partition coefficient (Wildman–Crippen LogP) is -1.99. The summed E-state index contributed by atoms with van der Waals surface area (Å²) in [7, 11) is 1.75. The van der Waals surface area contributed by atoms with Crippen molar-refractivity contribution in [1.82, 2.24) is 19.5 Å². The molecule has 0 aliphatic heterocycles. The number of nitrogens with two attached hydrogens (primary N) is 1. The maximum atomic E-state index is 10.9. The molecule has 0 spiro atoms. The number of rotatable bonds is 0. The fourth-order valence-corrected chi connectivity index (χ4v) is 1.04. The van der Waals surface area contributed by atoms with E-state index in [9.17, 15) is 4.79 Å². The molecule has 0 radical (unpaired) electrons. The molecule has 8 nitrogen and oxygen atoms in total. The van der Waals surface area contributed by atoms with Crippen molar-refractivity contribution in [3.63, 3.8) is 0 Å². The lowest BCUT2D eigenvalue weighted by Crippen LogP contribution is -2.13. The van der Waals surface area contributed by atoms with Crippen molar-refractivity contribution in [1.29, 1.82) is 0 Å². The number of aryl methyl sites for hydroxylation is 1. The first-order valence-corrected chi connectivity index (χ1v) is 3.35. The minimum absolute atomic E-state index is 0. The maximum Gasteiger partial charge on any atom is 0.348 e. The number of nitrogens with zero attached hydrogens (tertiary/aromatic N) is 3. The van der Waals surface area contributed by atoms with E-state index in [-0.39, 0.29) is 29.2 Å². The van der Waals surface area contributed by atoms with Gasteiger partial charge in [-0.3, -0.25) is 4.98 Å². The van der Waals surface area contributed by atoms with Gasteiger partial charge in [-0.1, -0.05) is 0 Å². The second-order valence-corrected chi connectivity index (χ2v) is 2.48. The van der Waals surface area contributed by atoms with Gasteiger partial charge < -0.3 is 21.3 Å². The van der Waals surface area contributed by atoms with Crippen molar-refractivity contribution < 1.29 is 11.0 Å². The van der Waals surface area contributed by atoms with Crippen LogP contribution < -0.4 is 11.4 Å². The van der Waals surface area contributed by atoms with Crippen molar-refractivity contribution in [2.24, 2.45) is 7.05 Å². The Morgan fingerprint density at radius 3 is 2.67 bits per heavy atom. The van der Waals surface area contributed by atoms with Crippen LogP contribution in [0, 0.1) is 0 Å². The Hall–Kier alpha value is -1.64. The van der Waals surface area contributed by atoms with E-state index in [1.165, 1.54) is 0 Å². The summed E-state index contributed by atoms with van der Waals surface area (Å²) < 4.78 is 1.64. The van der Waals surface area contributed by atoms with Gasteiger partial charge >= 0.3 is 5.69 Å². The van der Waals surface area contributed by atoms with E-state index in [2.05, 4.69) is 15.0 Å². The minimum Gasteiger partial charge on any atom is -0.412 e. The first kappa shape index (κ1) is 15.8. The monoisotopic (exact) mass is 237 g/mol. The smallest absolute Gasteiger partial charge is 0.348 e. The molecule has 0 saturated carbocycles. The lowest BCUT2D eigenvalue weighted by Gasteiger charge is -1.93. The molecule has 0 saturated heterocycles. The third-order valence-electron chi connectivity index (χ3n) is 1.61. The molecule has 7 N–H and O–H groups in total. The van der Waals surface area contributed by atoms with Crippen molar-refractivity contribution in [3.05, 3.63) is 16.8 Å². The SMILES string of the molecule is Cl.Cn1cnc2c(N)[nH]c(=O)nc21.O.O. The Labute approximate surface area is 90.2 Å². The van der Waals surface area contributed by atoms with Crippen LogP contribution in [-0.4, -0.2) is 30.5 Å². The molecular formula is C6H12ClN5O3. The van der Waals surface area contributed by atoms with E-state index in [1.807, 2.05) is 0 Å². The molecule has 0 aromatic carbocycles. The Morgan fingerprint density at radius 1 is 1.47 bits per heavy atom. The molecule has 9 heteroatoms. The van der Waals surface area contributed by atoms with Crippen LogP contribution >= 0.6 is 12.4 Å². The number of fused-ring (bicyclic) bond motifs is 1. The van der Waals surface area contributed by atoms with E-state index in [0.29, 0.717) is 11.2 Å². The highest BCUT2D eigenvalue weighted by molar-refractivity contribution is 5.85. The van der Waals surface area contributed by atoms with Gasteiger partial charge in [-0.2, -0.15) is 4.98 Å².